The number of benzene rings is 3. The third kappa shape index (κ3) is 5.22. The number of rotatable bonds is 7. The molecule has 6 unspecified atom stereocenters. The van der Waals surface area contributed by atoms with E-state index in [0.717, 1.165) is 44.4 Å². The molecule has 14 heteroatoms. The van der Waals surface area contributed by atoms with Crippen LogP contribution in [-0.2, 0) is 20.6 Å². The molecule has 9 nitrogen and oxygen atoms in total. The van der Waals surface area contributed by atoms with E-state index >= 15 is 0 Å². The lowest BCUT2D eigenvalue weighted by Gasteiger charge is -2.43. The van der Waals surface area contributed by atoms with Gasteiger partial charge in [-0.1, -0.05) is 41.7 Å². The van der Waals surface area contributed by atoms with Crippen LogP contribution >= 0.6 is 23.1 Å². The zero-order chi connectivity index (χ0) is 35.1. The highest BCUT2D eigenvalue weighted by molar-refractivity contribution is 8.00. The Labute approximate surface area is 292 Å². The fourth-order valence-electron chi connectivity index (χ4n) is 8.51. The van der Waals surface area contributed by atoms with Gasteiger partial charge in [0.2, 0.25) is 11.8 Å². The van der Waals surface area contributed by atoms with E-state index in [1.807, 2.05) is 37.3 Å². The molecule has 4 aliphatic rings. The molecule has 2 aliphatic carbocycles. The topological polar surface area (TPSA) is 118 Å². The molecule has 4 aromatic rings. The van der Waals surface area contributed by atoms with Crippen molar-refractivity contribution in [3.05, 3.63) is 98.0 Å². The van der Waals surface area contributed by atoms with Crippen LogP contribution in [0.1, 0.15) is 33.9 Å². The van der Waals surface area contributed by atoms with Crippen LogP contribution in [0.2, 0.25) is 0 Å². The molecule has 3 heterocycles. The number of hydrogen-bond donors (Lipinski definition) is 2. The Morgan fingerprint density at radius 3 is 2.48 bits per heavy atom. The highest BCUT2D eigenvalue weighted by Gasteiger charge is 2.69. The Hall–Kier alpha value is -4.56. The van der Waals surface area contributed by atoms with E-state index in [2.05, 4.69) is 10.3 Å². The summed E-state index contributed by atoms with van der Waals surface area (Å²) < 4.78 is 52.2. The molecule has 0 radical (unpaired) electrons. The van der Waals surface area contributed by atoms with Gasteiger partial charge in [-0.05, 0) is 78.6 Å². The van der Waals surface area contributed by atoms with Crippen molar-refractivity contribution in [2.75, 3.05) is 23.9 Å². The van der Waals surface area contributed by atoms with Crippen molar-refractivity contribution in [1.82, 2.24) is 4.98 Å². The number of H-pyrrole nitrogens is 1. The summed E-state index contributed by atoms with van der Waals surface area (Å²) in [7, 11) is 1.49. The number of carbonyl (C=O) groups excluding carboxylic acids is 3. The Balaban J connectivity index is 1.09. The molecule has 0 spiro atoms. The number of thiazole rings is 1. The zero-order valence-corrected chi connectivity index (χ0v) is 28.3. The van der Waals surface area contributed by atoms with Crippen molar-refractivity contribution in [2.24, 2.45) is 29.6 Å². The van der Waals surface area contributed by atoms with E-state index in [1.165, 1.54) is 31.0 Å². The first-order valence-corrected chi connectivity index (χ1v) is 17.7. The fraction of sp³-hybridized carbons (Fsp3) is 0.333. The van der Waals surface area contributed by atoms with Gasteiger partial charge in [-0.2, -0.15) is 13.2 Å². The lowest BCUT2D eigenvalue weighted by Crippen LogP contribution is -2.42. The number of fused-ring (bicyclic) bond motifs is 9. The summed E-state index contributed by atoms with van der Waals surface area (Å²) in [6, 6.07) is 17.1. The molecule has 3 aromatic carbocycles. The number of imide groups is 1. The summed E-state index contributed by atoms with van der Waals surface area (Å²) in [4.78, 5) is 57.8. The number of halogens is 3. The van der Waals surface area contributed by atoms with Crippen molar-refractivity contribution < 1.29 is 37.0 Å². The molecule has 2 saturated carbocycles. The predicted molar refractivity (Wildman–Crippen MR) is 181 cm³/mol. The first-order valence-electron chi connectivity index (χ1n) is 16.1. The number of para-hydroxylation sites is 1. The second-order valence-electron chi connectivity index (χ2n) is 13.1. The van der Waals surface area contributed by atoms with Crippen molar-refractivity contribution in [1.29, 1.82) is 0 Å². The summed E-state index contributed by atoms with van der Waals surface area (Å²) >= 11 is 2.62. The third-order valence-corrected chi connectivity index (χ3v) is 13.1. The zero-order valence-electron chi connectivity index (χ0n) is 26.7. The average Bonchev–Trinajstić information content (AvgIpc) is 3.83. The molecule has 1 aromatic heterocycles. The van der Waals surface area contributed by atoms with Gasteiger partial charge >= 0.3 is 11.0 Å². The molecule has 50 heavy (non-hydrogen) atoms. The second-order valence-corrected chi connectivity index (χ2v) is 15.3. The van der Waals surface area contributed by atoms with Crippen molar-refractivity contribution in [3.63, 3.8) is 0 Å². The first-order chi connectivity index (χ1) is 23.9. The molecule has 7 atom stereocenters. The van der Waals surface area contributed by atoms with Gasteiger partial charge in [0.25, 0.3) is 5.91 Å². The van der Waals surface area contributed by atoms with E-state index < -0.39 is 35.4 Å². The SMILES string of the molecule is COc1cc([C@H]2c3sc(=O)[nH]c3SC3C4CC(C5C(=O)N(c6cccc(C(F)(F)F)c6)C(=O)C45)C32)ccc1OCC(=O)Nc1ccccc1C. The van der Waals surface area contributed by atoms with Crippen LogP contribution in [0.4, 0.5) is 24.5 Å². The average molecular weight is 722 g/mol. The van der Waals surface area contributed by atoms with Gasteiger partial charge in [0.15, 0.2) is 18.1 Å². The Bertz CT molecular complexity index is 2110. The van der Waals surface area contributed by atoms with E-state index in [9.17, 15) is 32.3 Å². The summed E-state index contributed by atoms with van der Waals surface area (Å²) in [5.41, 5.74) is 1.41. The predicted octanol–water partition coefficient (Wildman–Crippen LogP) is 6.47. The summed E-state index contributed by atoms with van der Waals surface area (Å²) in [5, 5.41) is 3.44. The highest BCUT2D eigenvalue weighted by Crippen LogP contribution is 2.69. The van der Waals surface area contributed by atoms with Gasteiger partial charge < -0.3 is 19.8 Å². The number of carbonyl (C=O) groups is 3. The molecule has 2 bridgehead atoms. The van der Waals surface area contributed by atoms with Crippen LogP contribution in [0.25, 0.3) is 0 Å². The fourth-order valence-corrected chi connectivity index (χ4v) is 11.4. The quantitative estimate of drug-likeness (QED) is 0.210. The second kappa shape index (κ2) is 12.0. The van der Waals surface area contributed by atoms with E-state index in [4.69, 9.17) is 9.47 Å². The smallest absolute Gasteiger partial charge is 0.416 e. The minimum atomic E-state index is -4.63. The number of methoxy groups -OCH3 is 1. The van der Waals surface area contributed by atoms with Crippen LogP contribution in [0.5, 0.6) is 11.5 Å². The third-order valence-electron chi connectivity index (χ3n) is 10.5. The Kier molecular flexibility index (Phi) is 7.86. The largest absolute Gasteiger partial charge is 0.493 e. The Morgan fingerprint density at radius 1 is 0.980 bits per heavy atom. The van der Waals surface area contributed by atoms with Gasteiger partial charge in [-0.15, -0.1) is 11.8 Å². The van der Waals surface area contributed by atoms with Crippen molar-refractivity contribution >= 4 is 52.2 Å². The molecule has 3 amide bonds. The van der Waals surface area contributed by atoms with E-state index in [1.54, 1.807) is 12.1 Å². The number of nitrogens with zero attached hydrogens (tertiary/aromatic N) is 1. The molecule has 2 N–H and O–H groups in total. The van der Waals surface area contributed by atoms with Gasteiger partial charge in [-0.3, -0.25) is 24.1 Å². The molecule has 3 fully saturated rings. The number of anilines is 2. The lowest BCUT2D eigenvalue weighted by atomic mass is 9.68. The monoisotopic (exact) mass is 721 g/mol. The summed E-state index contributed by atoms with van der Waals surface area (Å²) in [5.74, 6) is -2.80. The van der Waals surface area contributed by atoms with Crippen molar-refractivity contribution in [2.45, 2.75) is 35.7 Å². The number of amides is 3. The maximum atomic E-state index is 14.0. The summed E-state index contributed by atoms with van der Waals surface area (Å²) in [6.07, 6.45) is -4.01. The molecular weight excluding hydrogens is 692 g/mol. The van der Waals surface area contributed by atoms with Gasteiger partial charge in [0.1, 0.15) is 0 Å². The standard InChI is InChI=1S/C36H30F3N3O6S2/c1-16-6-3-4-9-22(16)40-25(43)15-48-23-11-10-17(12-24(23)47-2)26-27-20-14-21(30(27)49-32-31(26)50-35(46)41-32)29-28(20)33(44)42(34(29)45)19-8-5-7-18(13-19)36(37,38)39/h3-13,20-21,26-30H,14-15H2,1-2H3,(H,40,43)(H,41,46)/t20?,21?,26-,27?,28?,29?,30?/m1/s1. The Morgan fingerprint density at radius 2 is 1.74 bits per heavy atom. The molecular formula is C36H30F3N3O6S2. The molecule has 8 rings (SSSR count). The van der Waals surface area contributed by atoms with Crippen LogP contribution in [0.15, 0.2) is 76.6 Å². The number of aryl methyl sites for hydroxylation is 1. The van der Waals surface area contributed by atoms with Gasteiger partial charge in [0, 0.05) is 21.7 Å². The number of hydrogen-bond acceptors (Lipinski definition) is 8. The van der Waals surface area contributed by atoms with E-state index in [0.29, 0.717) is 28.6 Å². The number of nitrogens with one attached hydrogen (secondary N) is 2. The van der Waals surface area contributed by atoms with Gasteiger partial charge in [0.05, 0.1) is 35.2 Å². The first kappa shape index (κ1) is 32.6. The minimum absolute atomic E-state index is 0.0767. The maximum Gasteiger partial charge on any atom is 0.416 e. The number of thioether (sulfide) groups is 1. The van der Waals surface area contributed by atoms with Gasteiger partial charge in [-0.25, -0.2) is 0 Å². The maximum absolute atomic E-state index is 14.0. The number of alkyl halides is 3. The van der Waals surface area contributed by atoms with Crippen LogP contribution in [0, 0.1) is 36.5 Å². The number of aromatic amines is 1. The molecule has 258 valence electrons. The lowest BCUT2D eigenvalue weighted by molar-refractivity contribution is -0.137. The summed E-state index contributed by atoms with van der Waals surface area (Å²) in [6.45, 7) is 1.63. The molecule has 1 saturated heterocycles. The van der Waals surface area contributed by atoms with Crippen LogP contribution in [-0.4, -0.2) is 41.7 Å². The highest BCUT2D eigenvalue weighted by atomic mass is 32.2. The number of ether oxygens (including phenoxy) is 2. The van der Waals surface area contributed by atoms with Crippen LogP contribution in [0.3, 0.4) is 0 Å². The normalized spacial score (nSPS) is 26.4. The van der Waals surface area contributed by atoms with Crippen molar-refractivity contribution in [3.8, 4) is 11.5 Å². The molecule has 2 aliphatic heterocycles. The minimum Gasteiger partial charge on any atom is -0.493 e. The van der Waals surface area contributed by atoms with E-state index in [-0.39, 0.29) is 52.0 Å². The van der Waals surface area contributed by atoms with Crippen LogP contribution < -0.4 is 24.6 Å². The number of aromatic nitrogens is 1.